The average molecular weight is 214 g/mol. The van der Waals surface area contributed by atoms with Crippen LogP contribution in [0.4, 0.5) is 0 Å². The molecule has 0 aromatic heterocycles. The molecule has 0 bridgehead atoms. The van der Waals surface area contributed by atoms with Gasteiger partial charge in [-0.05, 0) is 25.7 Å². The van der Waals surface area contributed by atoms with E-state index < -0.39 is 0 Å². The van der Waals surface area contributed by atoms with Gasteiger partial charge in [-0.2, -0.15) is 0 Å². The molecule has 3 nitrogen and oxygen atoms in total. The lowest BCUT2D eigenvalue weighted by Gasteiger charge is -2.20. The van der Waals surface area contributed by atoms with E-state index in [-0.39, 0.29) is 0 Å². The van der Waals surface area contributed by atoms with E-state index in [0.717, 1.165) is 38.5 Å². The molecule has 0 amide bonds. The maximum absolute atomic E-state index is 11.8. The predicted octanol–water partition coefficient (Wildman–Crippen LogP) is 3.19. The van der Waals surface area contributed by atoms with Crippen LogP contribution < -0.4 is 0 Å². The number of unbranched alkanes of at least 4 members (excludes halogenated alkanes) is 2. The summed E-state index contributed by atoms with van der Waals surface area (Å²) in [5.41, 5.74) is 0. The Morgan fingerprint density at radius 1 is 1.13 bits per heavy atom. The zero-order valence-electron chi connectivity index (χ0n) is 9.41. The summed E-state index contributed by atoms with van der Waals surface area (Å²) in [4.78, 5) is 15.7. The minimum atomic E-state index is 0.354. The van der Waals surface area contributed by atoms with Crippen molar-refractivity contribution in [1.82, 2.24) is 0 Å². The van der Waals surface area contributed by atoms with Gasteiger partial charge in [0, 0.05) is 12.3 Å². The quantitative estimate of drug-likeness (QED) is 0.402. The monoisotopic (exact) mass is 214 g/mol. The van der Waals surface area contributed by atoms with Gasteiger partial charge in [0.2, 0.25) is 0 Å². The normalized spacial score (nSPS) is 17.9. The number of carbonyl (C=O) groups is 1. The minimum Gasteiger partial charge on any atom is -0.299 e. The summed E-state index contributed by atoms with van der Waals surface area (Å²) in [5, 5.41) is 8.11. The number of hydrogen-bond donors (Lipinski definition) is 1. The number of rotatable bonds is 7. The molecule has 0 unspecified atom stereocenters. The molecule has 88 valence electrons. The number of hydrogen-bond acceptors (Lipinski definition) is 3. The van der Waals surface area contributed by atoms with E-state index in [0.29, 0.717) is 18.3 Å². The summed E-state index contributed by atoms with van der Waals surface area (Å²) in [6.07, 6.45) is 9.46. The van der Waals surface area contributed by atoms with Crippen LogP contribution in [-0.4, -0.2) is 17.6 Å². The lowest BCUT2D eigenvalue weighted by atomic mass is 9.84. The Morgan fingerprint density at radius 3 is 2.53 bits per heavy atom. The van der Waals surface area contributed by atoms with Crippen molar-refractivity contribution in [3.8, 4) is 0 Å². The highest BCUT2D eigenvalue weighted by Crippen LogP contribution is 2.25. The topological polar surface area (TPSA) is 46.5 Å². The molecule has 0 radical (unpaired) electrons. The first-order chi connectivity index (χ1) is 7.34. The fourth-order valence-electron chi connectivity index (χ4n) is 2.27. The molecule has 1 N–H and O–H groups in total. The third-order valence-corrected chi connectivity index (χ3v) is 3.22. The van der Waals surface area contributed by atoms with Gasteiger partial charge in [-0.1, -0.05) is 25.7 Å². The average Bonchev–Trinajstić information content (AvgIpc) is 2.30. The highest BCUT2D eigenvalue weighted by atomic mass is 17.1. The Hall–Kier alpha value is -0.410. The fraction of sp³-hybridized carbons (Fsp3) is 0.917. The predicted molar refractivity (Wildman–Crippen MR) is 58.6 cm³/mol. The summed E-state index contributed by atoms with van der Waals surface area (Å²) < 4.78 is 0. The Kier molecular flexibility index (Phi) is 6.60. The van der Waals surface area contributed by atoms with Gasteiger partial charge in [0.15, 0.2) is 0 Å². The first kappa shape index (κ1) is 12.7. The van der Waals surface area contributed by atoms with Crippen LogP contribution in [0.25, 0.3) is 0 Å². The highest BCUT2D eigenvalue weighted by Gasteiger charge is 2.19. The van der Waals surface area contributed by atoms with Crippen LogP contribution in [0.15, 0.2) is 0 Å². The number of carbonyl (C=O) groups excluding carboxylic acids is 1. The molecular formula is C12H22O3. The van der Waals surface area contributed by atoms with Gasteiger partial charge >= 0.3 is 0 Å². The van der Waals surface area contributed by atoms with Gasteiger partial charge in [-0.15, -0.1) is 0 Å². The smallest absolute Gasteiger partial charge is 0.135 e. The van der Waals surface area contributed by atoms with Crippen LogP contribution in [-0.2, 0) is 9.68 Å². The van der Waals surface area contributed by atoms with Crippen LogP contribution in [0.5, 0.6) is 0 Å². The summed E-state index contributed by atoms with van der Waals surface area (Å²) in [6.45, 7) is 0.387. The molecule has 0 aromatic rings. The number of ketones is 1. The molecule has 0 spiro atoms. The van der Waals surface area contributed by atoms with Crippen molar-refractivity contribution < 1.29 is 14.9 Å². The third-order valence-electron chi connectivity index (χ3n) is 3.22. The summed E-state index contributed by atoms with van der Waals surface area (Å²) in [5.74, 6) is 0.812. The van der Waals surface area contributed by atoms with Crippen molar-refractivity contribution in [3.63, 3.8) is 0 Å². The van der Waals surface area contributed by atoms with Crippen LogP contribution in [0.1, 0.15) is 57.8 Å². The summed E-state index contributed by atoms with van der Waals surface area (Å²) in [7, 11) is 0. The van der Waals surface area contributed by atoms with Gasteiger partial charge in [0.25, 0.3) is 0 Å². The van der Waals surface area contributed by atoms with Crippen molar-refractivity contribution in [2.45, 2.75) is 57.8 Å². The molecule has 0 heterocycles. The van der Waals surface area contributed by atoms with Gasteiger partial charge in [0.05, 0.1) is 6.61 Å². The van der Waals surface area contributed by atoms with Crippen LogP contribution in [0.3, 0.4) is 0 Å². The number of Topliss-reactive ketones (excluding diaryl/α,β-unsaturated/α-hetero) is 1. The van der Waals surface area contributed by atoms with Crippen molar-refractivity contribution in [2.75, 3.05) is 6.61 Å². The van der Waals surface area contributed by atoms with E-state index in [1.165, 1.54) is 19.3 Å². The van der Waals surface area contributed by atoms with Crippen molar-refractivity contribution in [3.05, 3.63) is 0 Å². The van der Waals surface area contributed by atoms with Crippen LogP contribution in [0.2, 0.25) is 0 Å². The van der Waals surface area contributed by atoms with E-state index in [2.05, 4.69) is 4.89 Å². The van der Waals surface area contributed by atoms with E-state index in [9.17, 15) is 4.79 Å². The maximum Gasteiger partial charge on any atom is 0.135 e. The second-order valence-corrected chi connectivity index (χ2v) is 4.45. The molecule has 1 fully saturated rings. The first-order valence-corrected chi connectivity index (χ1v) is 6.13. The molecular weight excluding hydrogens is 192 g/mol. The third kappa shape index (κ3) is 5.28. The van der Waals surface area contributed by atoms with Crippen molar-refractivity contribution in [1.29, 1.82) is 0 Å². The molecule has 3 heteroatoms. The molecule has 0 saturated heterocycles. The van der Waals surface area contributed by atoms with Crippen molar-refractivity contribution in [2.24, 2.45) is 5.92 Å². The standard InChI is InChI=1S/C12H22O3/c13-12(9-5-2-6-10-15-14)11-7-3-1-4-8-11/h11,14H,1-10H2. The van der Waals surface area contributed by atoms with Crippen LogP contribution >= 0.6 is 0 Å². The SMILES string of the molecule is O=C(CCCCCOO)C1CCCCC1. The molecule has 1 rings (SSSR count). The lowest BCUT2D eigenvalue weighted by Crippen LogP contribution is -2.17. The molecule has 1 aliphatic rings. The lowest BCUT2D eigenvalue weighted by molar-refractivity contribution is -0.242. The van der Waals surface area contributed by atoms with E-state index in [4.69, 9.17) is 5.26 Å². The fourth-order valence-corrected chi connectivity index (χ4v) is 2.27. The molecule has 0 aliphatic heterocycles. The second kappa shape index (κ2) is 7.83. The molecule has 0 aromatic carbocycles. The Bertz CT molecular complexity index is 174. The van der Waals surface area contributed by atoms with Gasteiger partial charge < -0.3 is 0 Å². The van der Waals surface area contributed by atoms with Gasteiger partial charge in [0.1, 0.15) is 5.78 Å². The molecule has 1 aliphatic carbocycles. The van der Waals surface area contributed by atoms with Crippen molar-refractivity contribution >= 4 is 5.78 Å². The zero-order chi connectivity index (χ0) is 10.9. The Labute approximate surface area is 91.7 Å². The maximum atomic E-state index is 11.8. The summed E-state index contributed by atoms with van der Waals surface area (Å²) in [6, 6.07) is 0. The molecule has 1 saturated carbocycles. The largest absolute Gasteiger partial charge is 0.299 e. The summed E-state index contributed by atoms with van der Waals surface area (Å²) >= 11 is 0. The Balaban J connectivity index is 2.02. The van der Waals surface area contributed by atoms with Gasteiger partial charge in [-0.25, -0.2) is 4.89 Å². The highest BCUT2D eigenvalue weighted by molar-refractivity contribution is 5.80. The van der Waals surface area contributed by atoms with E-state index in [1.54, 1.807) is 0 Å². The molecule has 0 atom stereocenters. The van der Waals surface area contributed by atoms with Gasteiger partial charge in [-0.3, -0.25) is 10.1 Å². The van der Waals surface area contributed by atoms with E-state index in [1.807, 2.05) is 0 Å². The Morgan fingerprint density at radius 2 is 1.87 bits per heavy atom. The molecule has 15 heavy (non-hydrogen) atoms. The minimum absolute atomic E-state index is 0.354. The second-order valence-electron chi connectivity index (χ2n) is 4.45. The van der Waals surface area contributed by atoms with E-state index >= 15 is 0 Å². The van der Waals surface area contributed by atoms with Crippen LogP contribution in [0, 0.1) is 5.92 Å². The zero-order valence-corrected chi connectivity index (χ0v) is 9.41. The first-order valence-electron chi connectivity index (χ1n) is 6.13.